The molecule has 0 saturated carbocycles. The van der Waals surface area contributed by atoms with Crippen LogP contribution in [0.15, 0.2) is 35.5 Å². The maximum atomic E-state index is 12.2. The van der Waals surface area contributed by atoms with Gasteiger partial charge in [0.2, 0.25) is 5.91 Å². The van der Waals surface area contributed by atoms with Crippen molar-refractivity contribution in [3.05, 3.63) is 52.8 Å². The number of aryl methyl sites for hydroxylation is 2. The lowest BCUT2D eigenvalue weighted by molar-refractivity contribution is -0.121. The summed E-state index contributed by atoms with van der Waals surface area (Å²) in [7, 11) is 0. The first-order valence-corrected chi connectivity index (χ1v) is 8.96. The summed E-state index contributed by atoms with van der Waals surface area (Å²) < 4.78 is 0. The normalized spacial score (nSPS) is 12.0. The first-order valence-electron chi connectivity index (χ1n) is 7.73. The highest BCUT2D eigenvalue weighted by Crippen LogP contribution is 2.17. The molecule has 2 rings (SSSR count). The average molecular weight is 329 g/mol. The van der Waals surface area contributed by atoms with E-state index < -0.39 is 0 Å². The van der Waals surface area contributed by atoms with Gasteiger partial charge in [-0.3, -0.25) is 4.79 Å². The van der Waals surface area contributed by atoms with Gasteiger partial charge < -0.3 is 5.32 Å². The summed E-state index contributed by atoms with van der Waals surface area (Å²) in [5.41, 5.74) is 4.11. The van der Waals surface area contributed by atoms with E-state index in [9.17, 15) is 4.79 Å². The minimum atomic E-state index is 0.0148. The van der Waals surface area contributed by atoms with Crippen LogP contribution in [-0.2, 0) is 11.2 Å². The summed E-state index contributed by atoms with van der Waals surface area (Å²) in [5, 5.41) is 3.83. The Kier molecular flexibility index (Phi) is 6.16. The number of amides is 1. The molecule has 2 aromatic rings. The molecule has 1 heterocycles. The number of aromatic nitrogens is 2. The largest absolute Gasteiger partial charge is 0.350 e. The molecule has 0 saturated heterocycles. The van der Waals surface area contributed by atoms with Crippen LogP contribution in [-0.4, -0.2) is 22.1 Å². The van der Waals surface area contributed by atoms with Gasteiger partial charge >= 0.3 is 0 Å². The van der Waals surface area contributed by atoms with E-state index >= 15 is 0 Å². The summed E-state index contributed by atoms with van der Waals surface area (Å²) in [5.74, 6) is 0.0501. The fourth-order valence-corrected chi connectivity index (χ4v) is 3.00. The van der Waals surface area contributed by atoms with E-state index in [-0.39, 0.29) is 11.9 Å². The van der Waals surface area contributed by atoms with Crippen LogP contribution in [0.25, 0.3) is 0 Å². The Hall–Kier alpha value is -1.88. The molecule has 0 fully saturated rings. The molecule has 1 aromatic heterocycles. The van der Waals surface area contributed by atoms with Crippen molar-refractivity contribution >= 4 is 17.7 Å². The molecular formula is C18H23N3OS. The number of thioether (sulfide) groups is 1. The van der Waals surface area contributed by atoms with E-state index in [1.807, 2.05) is 57.4 Å². The van der Waals surface area contributed by atoms with Gasteiger partial charge in [-0.2, -0.15) is 0 Å². The standard InChI is InChI=1S/C18H23N3OS/c1-12(15-8-6-5-7-9-15)19-17(22)11-10-16-13(2)20-18(23-4)21-14(16)3/h5-9,12H,10-11H2,1-4H3,(H,19,22)/t12-/m1/s1. The molecule has 4 nitrogen and oxygen atoms in total. The van der Waals surface area contributed by atoms with E-state index in [1.165, 1.54) is 11.8 Å². The van der Waals surface area contributed by atoms with Gasteiger partial charge in [-0.15, -0.1) is 0 Å². The molecule has 1 N–H and O–H groups in total. The maximum Gasteiger partial charge on any atom is 0.220 e. The van der Waals surface area contributed by atoms with Crippen LogP contribution in [0.5, 0.6) is 0 Å². The number of benzene rings is 1. The van der Waals surface area contributed by atoms with E-state index in [0.29, 0.717) is 12.8 Å². The second kappa shape index (κ2) is 8.11. The highest BCUT2D eigenvalue weighted by Gasteiger charge is 2.12. The molecule has 0 aliphatic rings. The molecule has 1 amide bonds. The Balaban J connectivity index is 1.95. The lowest BCUT2D eigenvalue weighted by Crippen LogP contribution is -2.27. The van der Waals surface area contributed by atoms with Gasteiger partial charge in [-0.25, -0.2) is 9.97 Å². The summed E-state index contributed by atoms with van der Waals surface area (Å²) in [6.45, 7) is 5.96. The third kappa shape index (κ3) is 4.79. The number of nitrogens with zero attached hydrogens (tertiary/aromatic N) is 2. The Labute approximate surface area is 142 Å². The van der Waals surface area contributed by atoms with Crippen molar-refractivity contribution in [3.8, 4) is 0 Å². The van der Waals surface area contributed by atoms with Crippen LogP contribution < -0.4 is 5.32 Å². The number of nitrogens with one attached hydrogen (secondary N) is 1. The lowest BCUT2D eigenvalue weighted by atomic mass is 10.1. The molecule has 23 heavy (non-hydrogen) atoms. The van der Waals surface area contributed by atoms with Crippen LogP contribution in [0.3, 0.4) is 0 Å². The fraction of sp³-hybridized carbons (Fsp3) is 0.389. The smallest absolute Gasteiger partial charge is 0.220 e. The zero-order chi connectivity index (χ0) is 16.8. The minimum absolute atomic E-state index is 0.0148. The Morgan fingerprint density at radius 3 is 2.35 bits per heavy atom. The molecule has 0 bridgehead atoms. The quantitative estimate of drug-likeness (QED) is 0.649. The van der Waals surface area contributed by atoms with Gasteiger partial charge in [-0.1, -0.05) is 42.1 Å². The van der Waals surface area contributed by atoms with Crippen LogP contribution in [0, 0.1) is 13.8 Å². The van der Waals surface area contributed by atoms with Crippen molar-refractivity contribution in [3.63, 3.8) is 0 Å². The fourth-order valence-electron chi connectivity index (χ4n) is 2.54. The van der Waals surface area contributed by atoms with Crippen molar-refractivity contribution in [1.29, 1.82) is 0 Å². The van der Waals surface area contributed by atoms with E-state index in [4.69, 9.17) is 0 Å². The van der Waals surface area contributed by atoms with Crippen molar-refractivity contribution in [1.82, 2.24) is 15.3 Å². The molecular weight excluding hydrogens is 306 g/mol. The highest BCUT2D eigenvalue weighted by atomic mass is 32.2. The lowest BCUT2D eigenvalue weighted by Gasteiger charge is -2.15. The Morgan fingerprint density at radius 1 is 1.17 bits per heavy atom. The molecule has 0 radical (unpaired) electrons. The van der Waals surface area contributed by atoms with Gasteiger partial charge in [-0.05, 0) is 44.6 Å². The number of hydrogen-bond acceptors (Lipinski definition) is 4. The van der Waals surface area contributed by atoms with Crippen LogP contribution in [0.2, 0.25) is 0 Å². The molecule has 1 atom stereocenters. The predicted octanol–water partition coefficient (Wildman–Crippen LogP) is 3.63. The summed E-state index contributed by atoms with van der Waals surface area (Å²) in [6.07, 6.45) is 3.08. The zero-order valence-electron chi connectivity index (χ0n) is 14.1. The summed E-state index contributed by atoms with van der Waals surface area (Å²) in [6, 6.07) is 10.00. The van der Waals surface area contributed by atoms with Crippen molar-refractivity contribution in [2.45, 2.75) is 44.8 Å². The highest BCUT2D eigenvalue weighted by molar-refractivity contribution is 7.98. The zero-order valence-corrected chi connectivity index (χ0v) is 14.9. The third-order valence-electron chi connectivity index (χ3n) is 3.86. The van der Waals surface area contributed by atoms with E-state index in [0.717, 1.165) is 27.7 Å². The first kappa shape index (κ1) is 17.5. The summed E-state index contributed by atoms with van der Waals surface area (Å²) >= 11 is 1.53. The molecule has 0 spiro atoms. The van der Waals surface area contributed by atoms with Crippen LogP contribution in [0.1, 0.15) is 41.9 Å². The topological polar surface area (TPSA) is 54.9 Å². The molecule has 0 aliphatic carbocycles. The van der Waals surface area contributed by atoms with Gasteiger partial charge in [0.1, 0.15) is 0 Å². The number of carbonyl (C=O) groups is 1. The predicted molar refractivity (Wildman–Crippen MR) is 94.6 cm³/mol. The minimum Gasteiger partial charge on any atom is -0.350 e. The van der Waals surface area contributed by atoms with Gasteiger partial charge in [0.25, 0.3) is 0 Å². The maximum absolute atomic E-state index is 12.2. The molecule has 0 aliphatic heterocycles. The third-order valence-corrected chi connectivity index (χ3v) is 4.41. The van der Waals surface area contributed by atoms with E-state index in [1.54, 1.807) is 0 Å². The van der Waals surface area contributed by atoms with Gasteiger partial charge in [0, 0.05) is 17.8 Å². The number of rotatable bonds is 6. The van der Waals surface area contributed by atoms with Crippen LogP contribution >= 0.6 is 11.8 Å². The number of carbonyl (C=O) groups excluding carboxylic acids is 1. The average Bonchev–Trinajstić information content (AvgIpc) is 2.54. The Bertz CT molecular complexity index is 650. The van der Waals surface area contributed by atoms with Crippen molar-refractivity contribution < 1.29 is 4.79 Å². The molecule has 122 valence electrons. The molecule has 0 unspecified atom stereocenters. The van der Waals surface area contributed by atoms with Crippen molar-refractivity contribution in [2.75, 3.05) is 6.26 Å². The first-order chi connectivity index (χ1) is 11.0. The van der Waals surface area contributed by atoms with Gasteiger partial charge in [0.05, 0.1) is 6.04 Å². The monoisotopic (exact) mass is 329 g/mol. The molecule has 5 heteroatoms. The second-order valence-corrected chi connectivity index (χ2v) is 6.33. The number of hydrogen-bond donors (Lipinski definition) is 1. The molecule has 1 aromatic carbocycles. The van der Waals surface area contributed by atoms with Crippen LogP contribution in [0.4, 0.5) is 0 Å². The SMILES string of the molecule is CSc1nc(C)c(CCC(=O)N[C@H](C)c2ccccc2)c(C)n1. The van der Waals surface area contributed by atoms with Gasteiger partial charge in [0.15, 0.2) is 5.16 Å². The summed E-state index contributed by atoms with van der Waals surface area (Å²) in [4.78, 5) is 21.1. The van der Waals surface area contributed by atoms with Crippen molar-refractivity contribution in [2.24, 2.45) is 0 Å². The van der Waals surface area contributed by atoms with E-state index in [2.05, 4.69) is 15.3 Å². The second-order valence-electron chi connectivity index (χ2n) is 5.56. The Morgan fingerprint density at radius 2 is 1.78 bits per heavy atom.